The molecule has 3 atom stereocenters. The van der Waals surface area contributed by atoms with Crippen LogP contribution in [0.3, 0.4) is 0 Å². The fourth-order valence-electron chi connectivity index (χ4n) is 3.69. The number of carbonyl (C=O) groups excluding carboxylic acids is 1. The molecule has 0 amide bonds. The van der Waals surface area contributed by atoms with E-state index in [0.29, 0.717) is 11.8 Å². The summed E-state index contributed by atoms with van der Waals surface area (Å²) < 4.78 is 5.64. The van der Waals surface area contributed by atoms with Gasteiger partial charge in [-0.15, -0.1) is 0 Å². The van der Waals surface area contributed by atoms with Gasteiger partial charge in [-0.1, -0.05) is 51.1 Å². The summed E-state index contributed by atoms with van der Waals surface area (Å²) >= 11 is 0. The van der Waals surface area contributed by atoms with Crippen molar-refractivity contribution >= 4 is 11.9 Å². The first kappa shape index (κ1) is 18.2. The average molecular weight is 330 g/mol. The molecule has 0 aliphatic heterocycles. The molecule has 1 N–H and O–H groups in total. The van der Waals surface area contributed by atoms with Crippen molar-refractivity contribution in [1.82, 2.24) is 0 Å². The highest BCUT2D eigenvalue weighted by Crippen LogP contribution is 2.44. The van der Waals surface area contributed by atoms with Gasteiger partial charge in [-0.05, 0) is 42.1 Å². The Bertz CT molecular complexity index is 605. The molecule has 1 aliphatic carbocycles. The highest BCUT2D eigenvalue weighted by molar-refractivity contribution is 5.90. The van der Waals surface area contributed by atoms with Crippen LogP contribution in [-0.4, -0.2) is 23.1 Å². The van der Waals surface area contributed by atoms with E-state index in [0.717, 1.165) is 31.4 Å². The quantitative estimate of drug-likeness (QED) is 0.656. The second-order valence-electron chi connectivity index (χ2n) is 7.22. The number of hydrogen-bond donors (Lipinski definition) is 1. The molecule has 1 aliphatic rings. The second kappa shape index (κ2) is 7.65. The number of carboxylic acids is 1. The van der Waals surface area contributed by atoms with Crippen LogP contribution in [-0.2, 0) is 19.7 Å². The van der Waals surface area contributed by atoms with Crippen molar-refractivity contribution in [3.8, 4) is 0 Å². The number of ether oxygens (including phenoxy) is 1. The minimum absolute atomic E-state index is 0.0336. The van der Waals surface area contributed by atoms with Crippen LogP contribution >= 0.6 is 0 Å². The van der Waals surface area contributed by atoms with Crippen LogP contribution in [0.2, 0.25) is 0 Å². The summed E-state index contributed by atoms with van der Waals surface area (Å²) in [5.41, 5.74) is 1.23. The summed E-state index contributed by atoms with van der Waals surface area (Å²) in [5.74, 6) is -1.02. The van der Waals surface area contributed by atoms with E-state index >= 15 is 0 Å². The Hall–Kier alpha value is -2.10. The van der Waals surface area contributed by atoms with Gasteiger partial charge in [0.15, 0.2) is 0 Å². The SMILES string of the molecule is CC(C)C1CCC(C)(c2ccccc2)CC1OC(=O)C=CC(=O)O. The number of rotatable bonds is 5. The Morgan fingerprint density at radius 2 is 1.92 bits per heavy atom. The lowest BCUT2D eigenvalue weighted by Crippen LogP contribution is -2.42. The number of aliphatic carboxylic acids is 1. The largest absolute Gasteiger partial charge is 0.478 e. The van der Waals surface area contributed by atoms with Crippen molar-refractivity contribution in [3.05, 3.63) is 48.0 Å². The number of esters is 1. The predicted molar refractivity (Wildman–Crippen MR) is 92.6 cm³/mol. The zero-order valence-electron chi connectivity index (χ0n) is 14.6. The van der Waals surface area contributed by atoms with Gasteiger partial charge in [0.05, 0.1) is 0 Å². The molecule has 0 aromatic heterocycles. The van der Waals surface area contributed by atoms with E-state index in [1.807, 2.05) is 18.2 Å². The van der Waals surface area contributed by atoms with Crippen LogP contribution in [0.1, 0.15) is 45.6 Å². The molecule has 2 rings (SSSR count). The van der Waals surface area contributed by atoms with Crippen molar-refractivity contribution in [1.29, 1.82) is 0 Å². The summed E-state index contributed by atoms with van der Waals surface area (Å²) in [7, 11) is 0. The van der Waals surface area contributed by atoms with E-state index in [1.54, 1.807) is 0 Å². The lowest BCUT2D eigenvalue weighted by atomic mass is 9.64. The van der Waals surface area contributed by atoms with Crippen LogP contribution < -0.4 is 0 Å². The van der Waals surface area contributed by atoms with Crippen LogP contribution in [0.4, 0.5) is 0 Å². The van der Waals surface area contributed by atoms with Crippen molar-refractivity contribution in [2.75, 3.05) is 0 Å². The third kappa shape index (κ3) is 4.47. The lowest BCUT2D eigenvalue weighted by molar-refractivity contribution is -0.150. The van der Waals surface area contributed by atoms with E-state index in [-0.39, 0.29) is 11.5 Å². The van der Waals surface area contributed by atoms with Gasteiger partial charge < -0.3 is 9.84 Å². The van der Waals surface area contributed by atoms with E-state index in [9.17, 15) is 9.59 Å². The number of carboxylic acid groups (broad SMARTS) is 1. The first-order chi connectivity index (χ1) is 11.3. The van der Waals surface area contributed by atoms with Gasteiger partial charge >= 0.3 is 11.9 Å². The molecule has 4 nitrogen and oxygen atoms in total. The van der Waals surface area contributed by atoms with E-state index in [1.165, 1.54) is 5.56 Å². The molecule has 0 saturated heterocycles. The normalized spacial score (nSPS) is 27.3. The second-order valence-corrected chi connectivity index (χ2v) is 7.22. The highest BCUT2D eigenvalue weighted by atomic mass is 16.5. The Kier molecular flexibility index (Phi) is 5.81. The van der Waals surface area contributed by atoms with Gasteiger partial charge in [0, 0.05) is 12.2 Å². The first-order valence-corrected chi connectivity index (χ1v) is 8.49. The number of carbonyl (C=O) groups is 2. The zero-order valence-corrected chi connectivity index (χ0v) is 14.6. The fraction of sp³-hybridized carbons (Fsp3) is 0.500. The van der Waals surface area contributed by atoms with Gasteiger partial charge in [-0.2, -0.15) is 0 Å². The fourth-order valence-corrected chi connectivity index (χ4v) is 3.69. The van der Waals surface area contributed by atoms with Gasteiger partial charge in [0.1, 0.15) is 6.10 Å². The van der Waals surface area contributed by atoms with Crippen molar-refractivity contribution in [2.45, 2.75) is 51.6 Å². The van der Waals surface area contributed by atoms with Gasteiger partial charge in [0.2, 0.25) is 0 Å². The summed E-state index contributed by atoms with van der Waals surface area (Å²) in [4.78, 5) is 22.5. The van der Waals surface area contributed by atoms with Crippen molar-refractivity contribution in [2.24, 2.45) is 11.8 Å². The lowest BCUT2D eigenvalue weighted by Gasteiger charge is -2.44. The molecule has 1 saturated carbocycles. The average Bonchev–Trinajstić information content (AvgIpc) is 2.53. The third-order valence-electron chi connectivity index (χ3n) is 5.12. The Morgan fingerprint density at radius 3 is 2.50 bits per heavy atom. The molecule has 0 spiro atoms. The smallest absolute Gasteiger partial charge is 0.331 e. The molecule has 0 radical (unpaired) electrons. The van der Waals surface area contributed by atoms with Crippen LogP contribution in [0.5, 0.6) is 0 Å². The molecular weight excluding hydrogens is 304 g/mol. The maximum atomic E-state index is 12.0. The van der Waals surface area contributed by atoms with Crippen LogP contribution in [0.25, 0.3) is 0 Å². The molecule has 0 bridgehead atoms. The first-order valence-electron chi connectivity index (χ1n) is 8.49. The maximum absolute atomic E-state index is 12.0. The van der Waals surface area contributed by atoms with Gasteiger partial charge in [-0.3, -0.25) is 0 Å². The number of hydrogen-bond acceptors (Lipinski definition) is 3. The summed E-state index contributed by atoms with van der Waals surface area (Å²) in [6.07, 6.45) is 4.42. The molecule has 1 aromatic carbocycles. The highest BCUT2D eigenvalue weighted by Gasteiger charge is 2.41. The standard InChI is InChI=1S/C20H26O4/c1-14(2)16-11-12-20(3,15-7-5-4-6-8-15)13-17(16)24-19(23)10-9-18(21)22/h4-10,14,16-17H,11-13H2,1-3H3,(H,21,22). The topological polar surface area (TPSA) is 63.6 Å². The molecule has 1 aromatic rings. The molecule has 130 valence electrons. The Labute approximate surface area is 143 Å². The molecule has 4 heteroatoms. The van der Waals surface area contributed by atoms with Gasteiger partial charge in [0.25, 0.3) is 0 Å². The molecular formula is C20H26O4. The van der Waals surface area contributed by atoms with E-state index in [4.69, 9.17) is 9.84 Å². The third-order valence-corrected chi connectivity index (χ3v) is 5.12. The molecule has 3 unspecified atom stereocenters. The summed E-state index contributed by atoms with van der Waals surface area (Å²) in [6.45, 7) is 6.50. The van der Waals surface area contributed by atoms with Crippen molar-refractivity contribution in [3.63, 3.8) is 0 Å². The molecule has 1 fully saturated rings. The van der Waals surface area contributed by atoms with Crippen molar-refractivity contribution < 1.29 is 19.4 Å². The zero-order chi connectivity index (χ0) is 17.7. The monoisotopic (exact) mass is 330 g/mol. The van der Waals surface area contributed by atoms with E-state index < -0.39 is 11.9 Å². The summed E-state index contributed by atoms with van der Waals surface area (Å²) in [5, 5.41) is 8.65. The Morgan fingerprint density at radius 1 is 1.25 bits per heavy atom. The van der Waals surface area contributed by atoms with Gasteiger partial charge in [-0.25, -0.2) is 9.59 Å². The molecule has 0 heterocycles. The maximum Gasteiger partial charge on any atom is 0.331 e. The van der Waals surface area contributed by atoms with Crippen LogP contribution in [0.15, 0.2) is 42.5 Å². The predicted octanol–water partition coefficient (Wildman–Crippen LogP) is 3.95. The summed E-state index contributed by atoms with van der Waals surface area (Å²) in [6, 6.07) is 10.3. The van der Waals surface area contributed by atoms with E-state index in [2.05, 4.69) is 32.9 Å². The minimum atomic E-state index is -1.15. The molecule has 24 heavy (non-hydrogen) atoms. The minimum Gasteiger partial charge on any atom is -0.478 e. The van der Waals surface area contributed by atoms with Crippen LogP contribution in [0, 0.1) is 11.8 Å². The number of benzene rings is 1. The Balaban J connectivity index is 2.17.